The van der Waals surface area contributed by atoms with E-state index in [0.29, 0.717) is 12.0 Å². The van der Waals surface area contributed by atoms with Gasteiger partial charge in [-0.3, -0.25) is 0 Å². The first-order valence-corrected chi connectivity index (χ1v) is 6.46. The third-order valence-electron chi connectivity index (χ3n) is 3.85. The Hall–Kier alpha value is -1.49. The minimum Gasteiger partial charge on any atom is -0.381 e. The maximum atomic E-state index is 9.08. The molecular formula is C15H20N2. The molecule has 0 radical (unpaired) electrons. The summed E-state index contributed by atoms with van der Waals surface area (Å²) < 4.78 is 0. The number of nitriles is 1. The number of rotatable bonds is 2. The van der Waals surface area contributed by atoms with Gasteiger partial charge in [-0.2, -0.15) is 5.26 Å². The second-order valence-corrected chi connectivity index (χ2v) is 5.30. The Bertz CT molecular complexity index is 419. The van der Waals surface area contributed by atoms with Crippen LogP contribution in [0.3, 0.4) is 0 Å². The second kappa shape index (κ2) is 5.23. The van der Waals surface area contributed by atoms with Crippen LogP contribution in [-0.2, 0) is 0 Å². The first-order chi connectivity index (χ1) is 8.20. The van der Waals surface area contributed by atoms with Gasteiger partial charge in [0.2, 0.25) is 0 Å². The molecule has 0 heterocycles. The average Bonchev–Trinajstić information content (AvgIpc) is 2.34. The molecule has 0 saturated heterocycles. The molecule has 1 aromatic carbocycles. The number of nitrogens with zero attached hydrogens (tertiary/aromatic N) is 1. The van der Waals surface area contributed by atoms with Gasteiger partial charge in [0.15, 0.2) is 0 Å². The van der Waals surface area contributed by atoms with Crippen molar-refractivity contribution in [3.8, 4) is 6.07 Å². The molecule has 2 nitrogen and oxygen atoms in total. The van der Waals surface area contributed by atoms with E-state index >= 15 is 0 Å². The van der Waals surface area contributed by atoms with Gasteiger partial charge in [-0.15, -0.1) is 0 Å². The van der Waals surface area contributed by atoms with Crippen LogP contribution in [0.25, 0.3) is 0 Å². The lowest BCUT2D eigenvalue weighted by Gasteiger charge is -2.34. The van der Waals surface area contributed by atoms with E-state index in [9.17, 15) is 0 Å². The minimum atomic E-state index is 0.508. The molecule has 2 rings (SSSR count). The summed E-state index contributed by atoms with van der Waals surface area (Å²) in [6.45, 7) is 4.62. The van der Waals surface area contributed by atoms with Gasteiger partial charge in [-0.1, -0.05) is 32.4 Å². The van der Waals surface area contributed by atoms with Crippen molar-refractivity contribution < 1.29 is 0 Å². The van der Waals surface area contributed by atoms with Gasteiger partial charge < -0.3 is 5.32 Å². The van der Waals surface area contributed by atoms with Crippen molar-refractivity contribution in [2.45, 2.75) is 39.2 Å². The normalized spacial score (nSPS) is 28.4. The third kappa shape index (κ3) is 2.79. The highest BCUT2D eigenvalue weighted by atomic mass is 14.9. The predicted molar refractivity (Wildman–Crippen MR) is 70.7 cm³/mol. The SMILES string of the molecule is CC1CCC(C)C(Nc2ccccc2C#N)C1. The molecule has 0 aromatic heterocycles. The predicted octanol–water partition coefficient (Wildman–Crippen LogP) is 3.79. The largest absolute Gasteiger partial charge is 0.381 e. The van der Waals surface area contributed by atoms with Crippen LogP contribution in [0, 0.1) is 23.2 Å². The summed E-state index contributed by atoms with van der Waals surface area (Å²) in [7, 11) is 0. The maximum Gasteiger partial charge on any atom is 0.101 e. The van der Waals surface area contributed by atoms with E-state index < -0.39 is 0 Å². The molecule has 1 N–H and O–H groups in total. The van der Waals surface area contributed by atoms with Gasteiger partial charge in [-0.05, 0) is 36.8 Å². The fourth-order valence-corrected chi connectivity index (χ4v) is 2.64. The maximum absolute atomic E-state index is 9.08. The topological polar surface area (TPSA) is 35.8 Å². The molecule has 90 valence electrons. The lowest BCUT2D eigenvalue weighted by Crippen LogP contribution is -2.33. The van der Waals surface area contributed by atoms with Crippen LogP contribution in [0.1, 0.15) is 38.7 Å². The third-order valence-corrected chi connectivity index (χ3v) is 3.85. The van der Waals surface area contributed by atoms with E-state index in [1.165, 1.54) is 19.3 Å². The highest BCUT2D eigenvalue weighted by molar-refractivity contribution is 5.57. The van der Waals surface area contributed by atoms with E-state index in [-0.39, 0.29) is 0 Å². The molecular weight excluding hydrogens is 208 g/mol. The van der Waals surface area contributed by atoms with Crippen molar-refractivity contribution >= 4 is 5.69 Å². The standard InChI is InChI=1S/C15H20N2/c1-11-7-8-12(2)15(9-11)17-14-6-4-3-5-13(14)10-16/h3-6,11-12,15,17H,7-9H2,1-2H3. The molecule has 1 fully saturated rings. The van der Waals surface area contributed by atoms with Crippen molar-refractivity contribution in [3.05, 3.63) is 29.8 Å². The Balaban J connectivity index is 2.12. The smallest absolute Gasteiger partial charge is 0.101 e. The van der Waals surface area contributed by atoms with Crippen LogP contribution in [0.15, 0.2) is 24.3 Å². The highest BCUT2D eigenvalue weighted by Gasteiger charge is 2.25. The fraction of sp³-hybridized carbons (Fsp3) is 0.533. The Morgan fingerprint density at radius 3 is 2.76 bits per heavy atom. The van der Waals surface area contributed by atoms with Crippen LogP contribution < -0.4 is 5.32 Å². The van der Waals surface area contributed by atoms with E-state index in [0.717, 1.165) is 17.2 Å². The van der Waals surface area contributed by atoms with Gasteiger partial charge in [0, 0.05) is 6.04 Å². The molecule has 1 aliphatic carbocycles. The minimum absolute atomic E-state index is 0.508. The summed E-state index contributed by atoms with van der Waals surface area (Å²) in [6.07, 6.45) is 3.83. The number of para-hydroxylation sites is 1. The molecule has 1 saturated carbocycles. The molecule has 3 atom stereocenters. The van der Waals surface area contributed by atoms with Gasteiger partial charge in [0.05, 0.1) is 11.3 Å². The van der Waals surface area contributed by atoms with Gasteiger partial charge in [-0.25, -0.2) is 0 Å². The number of benzene rings is 1. The summed E-state index contributed by atoms with van der Waals surface area (Å²) in [5, 5.41) is 12.6. The van der Waals surface area contributed by atoms with Gasteiger partial charge >= 0.3 is 0 Å². The van der Waals surface area contributed by atoms with Crippen molar-refractivity contribution in [2.75, 3.05) is 5.32 Å². The van der Waals surface area contributed by atoms with Crippen molar-refractivity contribution in [1.82, 2.24) is 0 Å². The van der Waals surface area contributed by atoms with E-state index in [4.69, 9.17) is 5.26 Å². The lowest BCUT2D eigenvalue weighted by atomic mass is 9.80. The van der Waals surface area contributed by atoms with Crippen molar-refractivity contribution in [1.29, 1.82) is 5.26 Å². The molecule has 0 amide bonds. The summed E-state index contributed by atoms with van der Waals surface area (Å²) in [4.78, 5) is 0. The van der Waals surface area contributed by atoms with Crippen LogP contribution in [-0.4, -0.2) is 6.04 Å². The van der Waals surface area contributed by atoms with Crippen molar-refractivity contribution in [2.24, 2.45) is 11.8 Å². The second-order valence-electron chi connectivity index (χ2n) is 5.30. The Kier molecular flexibility index (Phi) is 3.68. The number of nitrogens with one attached hydrogen (secondary N) is 1. The number of hydrogen-bond acceptors (Lipinski definition) is 2. The molecule has 2 heteroatoms. The first kappa shape index (κ1) is 12.0. The zero-order valence-electron chi connectivity index (χ0n) is 10.6. The Morgan fingerprint density at radius 2 is 2.00 bits per heavy atom. The molecule has 0 spiro atoms. The van der Waals surface area contributed by atoms with E-state index in [1.54, 1.807) is 0 Å². The lowest BCUT2D eigenvalue weighted by molar-refractivity contribution is 0.280. The molecule has 3 unspecified atom stereocenters. The van der Waals surface area contributed by atoms with E-state index in [2.05, 4.69) is 25.2 Å². The van der Waals surface area contributed by atoms with Gasteiger partial charge in [0.25, 0.3) is 0 Å². The van der Waals surface area contributed by atoms with Crippen LogP contribution in [0.4, 0.5) is 5.69 Å². The Morgan fingerprint density at radius 1 is 1.24 bits per heavy atom. The number of hydrogen-bond donors (Lipinski definition) is 1. The fourth-order valence-electron chi connectivity index (χ4n) is 2.64. The number of anilines is 1. The molecule has 0 bridgehead atoms. The van der Waals surface area contributed by atoms with Crippen LogP contribution in [0.5, 0.6) is 0 Å². The summed E-state index contributed by atoms with van der Waals surface area (Å²) in [6, 6.07) is 10.5. The first-order valence-electron chi connectivity index (χ1n) is 6.46. The molecule has 0 aliphatic heterocycles. The zero-order chi connectivity index (χ0) is 12.3. The zero-order valence-corrected chi connectivity index (χ0v) is 10.6. The average molecular weight is 228 g/mol. The summed E-state index contributed by atoms with van der Waals surface area (Å²) in [5.41, 5.74) is 1.74. The van der Waals surface area contributed by atoms with Crippen LogP contribution in [0.2, 0.25) is 0 Å². The monoisotopic (exact) mass is 228 g/mol. The van der Waals surface area contributed by atoms with Gasteiger partial charge in [0.1, 0.15) is 6.07 Å². The summed E-state index contributed by atoms with van der Waals surface area (Å²) >= 11 is 0. The quantitative estimate of drug-likeness (QED) is 0.835. The molecule has 17 heavy (non-hydrogen) atoms. The van der Waals surface area contributed by atoms with Crippen molar-refractivity contribution in [3.63, 3.8) is 0 Å². The Labute approximate surface area is 104 Å². The molecule has 1 aliphatic rings. The highest BCUT2D eigenvalue weighted by Crippen LogP contribution is 2.31. The summed E-state index contributed by atoms with van der Waals surface area (Å²) in [5.74, 6) is 1.48. The van der Waals surface area contributed by atoms with Crippen LogP contribution >= 0.6 is 0 Å². The van der Waals surface area contributed by atoms with E-state index in [1.807, 2.05) is 24.3 Å². The molecule has 1 aromatic rings.